The van der Waals surface area contributed by atoms with Gasteiger partial charge in [-0.3, -0.25) is 24.3 Å². The number of anilines is 1. The second-order valence-corrected chi connectivity index (χ2v) is 11.0. The van der Waals surface area contributed by atoms with E-state index in [0.717, 1.165) is 62.1 Å². The van der Waals surface area contributed by atoms with E-state index in [-0.39, 0.29) is 36.8 Å². The van der Waals surface area contributed by atoms with Crippen molar-refractivity contribution >= 4 is 40.3 Å². The van der Waals surface area contributed by atoms with Gasteiger partial charge >= 0.3 is 0 Å². The van der Waals surface area contributed by atoms with E-state index >= 15 is 0 Å². The fraction of sp³-hybridized carbons (Fsp3) is 0.345. The summed E-state index contributed by atoms with van der Waals surface area (Å²) in [6, 6.07) is 14.4. The minimum absolute atomic E-state index is 0.00470. The number of piperidine rings is 1. The van der Waals surface area contributed by atoms with Crippen molar-refractivity contribution < 1.29 is 9.72 Å². The SMILES string of the molecule is Cc1cccc(-n2c(=O)/c(=C/c3ccc(N4CCCCC4)c([N+](=O)[O-])c3)s/c2=C(\C#N)C(=O)N2CCCC2)c1. The van der Waals surface area contributed by atoms with Gasteiger partial charge in [-0.1, -0.05) is 18.2 Å². The number of amides is 1. The van der Waals surface area contributed by atoms with Crippen LogP contribution in [0.1, 0.15) is 43.2 Å². The molecule has 2 fully saturated rings. The van der Waals surface area contributed by atoms with E-state index in [1.807, 2.05) is 30.0 Å². The first-order valence-electron chi connectivity index (χ1n) is 13.1. The number of hydrogen-bond acceptors (Lipinski definition) is 7. The van der Waals surface area contributed by atoms with Gasteiger partial charge in [-0.05, 0) is 74.4 Å². The first-order chi connectivity index (χ1) is 18.9. The van der Waals surface area contributed by atoms with E-state index < -0.39 is 0 Å². The molecule has 3 aromatic rings. The Bertz CT molecular complexity index is 1650. The summed E-state index contributed by atoms with van der Waals surface area (Å²) in [6.07, 6.45) is 6.47. The molecule has 0 radical (unpaired) electrons. The number of aryl methyl sites for hydroxylation is 1. The Morgan fingerprint density at radius 3 is 2.44 bits per heavy atom. The third-order valence-corrected chi connectivity index (χ3v) is 8.30. The highest BCUT2D eigenvalue weighted by Gasteiger charge is 2.25. The van der Waals surface area contributed by atoms with Gasteiger partial charge in [0, 0.05) is 32.2 Å². The maximum atomic E-state index is 13.8. The Hall–Kier alpha value is -4.23. The van der Waals surface area contributed by atoms with Crippen molar-refractivity contribution in [1.29, 1.82) is 5.26 Å². The predicted molar refractivity (Wildman–Crippen MR) is 151 cm³/mol. The minimum Gasteiger partial charge on any atom is -0.366 e. The molecule has 2 aliphatic rings. The number of nitrogens with zero attached hydrogens (tertiary/aromatic N) is 5. The monoisotopic (exact) mass is 543 g/mol. The number of rotatable bonds is 5. The maximum Gasteiger partial charge on any atom is 0.293 e. The summed E-state index contributed by atoms with van der Waals surface area (Å²) in [5.41, 5.74) is 2.10. The Labute approximate surface area is 229 Å². The van der Waals surface area contributed by atoms with Crippen molar-refractivity contribution in [3.8, 4) is 11.8 Å². The molecular formula is C29H29N5O4S. The Morgan fingerprint density at radius 1 is 1.05 bits per heavy atom. The summed E-state index contributed by atoms with van der Waals surface area (Å²) in [7, 11) is 0. The zero-order valence-corrected chi connectivity index (χ0v) is 22.6. The highest BCUT2D eigenvalue weighted by atomic mass is 32.1. The van der Waals surface area contributed by atoms with Gasteiger partial charge in [0.2, 0.25) is 0 Å². The van der Waals surface area contributed by atoms with Crippen molar-refractivity contribution in [2.75, 3.05) is 31.1 Å². The Kier molecular flexibility index (Phi) is 7.61. The number of thiazole rings is 1. The summed E-state index contributed by atoms with van der Waals surface area (Å²) in [5.74, 6) is -0.384. The largest absolute Gasteiger partial charge is 0.366 e. The molecule has 9 nitrogen and oxygen atoms in total. The minimum atomic E-state index is -0.386. The van der Waals surface area contributed by atoms with Crippen molar-refractivity contribution in [3.63, 3.8) is 0 Å². The van der Waals surface area contributed by atoms with Crippen LogP contribution in [0.15, 0.2) is 47.3 Å². The maximum absolute atomic E-state index is 13.8. The van der Waals surface area contributed by atoms with Crippen LogP contribution in [0.3, 0.4) is 0 Å². The van der Waals surface area contributed by atoms with Crippen LogP contribution >= 0.6 is 11.3 Å². The van der Waals surface area contributed by atoms with Gasteiger partial charge in [0.25, 0.3) is 17.2 Å². The lowest BCUT2D eigenvalue weighted by molar-refractivity contribution is -0.384. The van der Waals surface area contributed by atoms with Crippen LogP contribution < -0.4 is 19.7 Å². The molecule has 39 heavy (non-hydrogen) atoms. The highest BCUT2D eigenvalue weighted by Crippen LogP contribution is 2.31. The van der Waals surface area contributed by atoms with E-state index in [2.05, 4.69) is 6.07 Å². The molecule has 3 heterocycles. The lowest BCUT2D eigenvalue weighted by Crippen LogP contribution is -2.35. The molecular weight excluding hydrogens is 514 g/mol. The summed E-state index contributed by atoms with van der Waals surface area (Å²) in [6.45, 7) is 4.61. The third kappa shape index (κ3) is 5.36. The summed E-state index contributed by atoms with van der Waals surface area (Å²) in [4.78, 5) is 42.3. The Morgan fingerprint density at radius 2 is 1.77 bits per heavy atom. The summed E-state index contributed by atoms with van der Waals surface area (Å²) >= 11 is 1.06. The van der Waals surface area contributed by atoms with Crippen molar-refractivity contribution in [2.45, 2.75) is 39.0 Å². The zero-order chi connectivity index (χ0) is 27.5. The van der Waals surface area contributed by atoms with Gasteiger partial charge in [-0.25, -0.2) is 0 Å². The molecule has 1 amide bonds. The number of likely N-dealkylation sites (tertiary alicyclic amines) is 1. The normalized spacial score (nSPS) is 16.8. The molecule has 0 spiro atoms. The lowest BCUT2D eigenvalue weighted by Gasteiger charge is -2.28. The van der Waals surface area contributed by atoms with Crippen LogP contribution in [0, 0.1) is 28.4 Å². The third-order valence-electron chi connectivity index (χ3n) is 7.21. The Balaban J connectivity index is 1.70. The topological polar surface area (TPSA) is 112 Å². The van der Waals surface area contributed by atoms with Crippen LogP contribution in [-0.4, -0.2) is 46.5 Å². The van der Waals surface area contributed by atoms with Gasteiger partial charge < -0.3 is 9.80 Å². The molecule has 2 aromatic carbocycles. The molecule has 10 heteroatoms. The van der Waals surface area contributed by atoms with Crippen LogP contribution in [0.5, 0.6) is 0 Å². The lowest BCUT2D eigenvalue weighted by atomic mass is 10.1. The van der Waals surface area contributed by atoms with Crippen LogP contribution in [0.4, 0.5) is 11.4 Å². The number of aromatic nitrogens is 1. The van der Waals surface area contributed by atoms with Gasteiger partial charge in [0.1, 0.15) is 16.4 Å². The van der Waals surface area contributed by atoms with E-state index in [9.17, 15) is 25.0 Å². The molecule has 2 saturated heterocycles. The molecule has 0 saturated carbocycles. The molecule has 0 unspecified atom stereocenters. The van der Waals surface area contributed by atoms with Crippen LogP contribution in [-0.2, 0) is 4.79 Å². The number of benzene rings is 2. The smallest absolute Gasteiger partial charge is 0.293 e. The van der Waals surface area contributed by atoms with E-state index in [4.69, 9.17) is 0 Å². The first-order valence-corrected chi connectivity index (χ1v) is 14.0. The average Bonchev–Trinajstić information content (AvgIpc) is 3.58. The number of nitro benzene ring substituents is 1. The molecule has 0 aliphatic carbocycles. The fourth-order valence-electron chi connectivity index (χ4n) is 5.25. The summed E-state index contributed by atoms with van der Waals surface area (Å²) in [5, 5.41) is 22.0. The molecule has 1 aromatic heterocycles. The quantitative estimate of drug-likeness (QED) is 0.361. The van der Waals surface area contributed by atoms with Crippen molar-refractivity contribution in [1.82, 2.24) is 9.47 Å². The van der Waals surface area contributed by atoms with Crippen molar-refractivity contribution in [3.05, 3.63) is 83.3 Å². The van der Waals surface area contributed by atoms with Crippen LogP contribution in [0.2, 0.25) is 0 Å². The zero-order valence-electron chi connectivity index (χ0n) is 21.8. The average molecular weight is 544 g/mol. The number of carbonyl (C=O) groups is 1. The number of nitriles is 1. The first kappa shape index (κ1) is 26.4. The van der Waals surface area contributed by atoms with E-state index in [0.29, 0.717) is 30.0 Å². The predicted octanol–water partition coefficient (Wildman–Crippen LogP) is 3.23. The fourth-order valence-corrected chi connectivity index (χ4v) is 6.34. The van der Waals surface area contributed by atoms with Crippen LogP contribution in [0.25, 0.3) is 17.3 Å². The standard InChI is InChI=1S/C29H29N5O4S/c1-20-8-7-9-22(16-20)33-28(36)26(39-29(33)23(19-30)27(35)32-14-5-6-15-32)18-21-10-11-24(25(17-21)34(37)38)31-12-3-2-4-13-31/h7-11,16-18H,2-6,12-15H2,1H3/b26-18-,29-23+. The van der Waals surface area contributed by atoms with Gasteiger partial charge in [-0.15, -0.1) is 11.3 Å². The van der Waals surface area contributed by atoms with E-state index in [1.165, 1.54) is 10.6 Å². The molecule has 0 atom stereocenters. The molecule has 2 aliphatic heterocycles. The second-order valence-electron chi connectivity index (χ2n) is 9.93. The van der Waals surface area contributed by atoms with Gasteiger partial charge in [0.05, 0.1) is 15.1 Å². The number of carbonyl (C=O) groups excluding carboxylic acids is 1. The number of hydrogen-bond donors (Lipinski definition) is 0. The van der Waals surface area contributed by atoms with Gasteiger partial charge in [-0.2, -0.15) is 5.26 Å². The molecule has 200 valence electrons. The van der Waals surface area contributed by atoms with Gasteiger partial charge in [0.15, 0.2) is 5.57 Å². The highest BCUT2D eigenvalue weighted by molar-refractivity contribution is 7.07. The second kappa shape index (κ2) is 11.3. The molecule has 0 N–H and O–H groups in total. The molecule has 5 rings (SSSR count). The van der Waals surface area contributed by atoms with Crippen molar-refractivity contribution in [2.24, 2.45) is 0 Å². The van der Waals surface area contributed by atoms with E-state index in [1.54, 1.807) is 29.2 Å². The summed E-state index contributed by atoms with van der Waals surface area (Å²) < 4.78 is 1.95. The number of nitro groups is 1. The molecule has 0 bridgehead atoms.